The van der Waals surface area contributed by atoms with Gasteiger partial charge >= 0.3 is 6.09 Å². The van der Waals surface area contributed by atoms with Gasteiger partial charge in [0.05, 0.1) is 0 Å². The largest absolute Gasteiger partial charge is 0.444 e. The molecule has 4 nitrogen and oxygen atoms in total. The Balaban J connectivity index is 1.78. The standard InChI is InChI=1S/C18H34N2O2/c1-14(15-8-5-6-9-15)19-16-10-7-12-20(13-11-16)17(21)22-18(2,3)4/h14-16,19H,5-13H2,1-4H3. The Bertz CT molecular complexity index is 359. The maximum Gasteiger partial charge on any atom is 0.410 e. The van der Waals surface area contributed by atoms with Crippen molar-refractivity contribution in [3.8, 4) is 0 Å². The van der Waals surface area contributed by atoms with Gasteiger partial charge in [-0.2, -0.15) is 0 Å². The SMILES string of the molecule is CC(NC1CCCN(C(=O)OC(C)(C)C)CC1)C1CCCC1. The van der Waals surface area contributed by atoms with Crippen LogP contribution in [-0.2, 0) is 4.74 Å². The second-order valence-corrected chi connectivity index (χ2v) is 8.10. The molecular weight excluding hydrogens is 276 g/mol. The van der Waals surface area contributed by atoms with Crippen LogP contribution >= 0.6 is 0 Å². The maximum absolute atomic E-state index is 12.2. The number of nitrogens with zero attached hydrogens (tertiary/aromatic N) is 1. The summed E-state index contributed by atoms with van der Waals surface area (Å²) in [5.41, 5.74) is -0.405. The number of hydrogen-bond donors (Lipinski definition) is 1. The first kappa shape index (κ1) is 17.6. The fourth-order valence-electron chi connectivity index (χ4n) is 3.74. The van der Waals surface area contributed by atoms with Crippen LogP contribution in [-0.4, -0.2) is 41.8 Å². The predicted molar refractivity (Wildman–Crippen MR) is 90.0 cm³/mol. The summed E-state index contributed by atoms with van der Waals surface area (Å²) in [4.78, 5) is 14.1. The van der Waals surface area contributed by atoms with E-state index in [-0.39, 0.29) is 6.09 Å². The topological polar surface area (TPSA) is 41.6 Å². The van der Waals surface area contributed by atoms with Gasteiger partial charge in [-0.1, -0.05) is 12.8 Å². The fraction of sp³-hybridized carbons (Fsp3) is 0.944. The summed E-state index contributed by atoms with van der Waals surface area (Å²) < 4.78 is 5.50. The Hall–Kier alpha value is -0.770. The lowest BCUT2D eigenvalue weighted by atomic mass is 9.97. The molecule has 0 aromatic heterocycles. The van der Waals surface area contributed by atoms with Crippen molar-refractivity contribution < 1.29 is 9.53 Å². The molecule has 2 unspecified atom stereocenters. The Morgan fingerprint density at radius 1 is 1.09 bits per heavy atom. The Labute approximate surface area is 136 Å². The molecule has 1 heterocycles. The summed E-state index contributed by atoms with van der Waals surface area (Å²) in [6.45, 7) is 9.75. The van der Waals surface area contributed by atoms with Gasteiger partial charge in [0.1, 0.15) is 5.60 Å². The number of rotatable bonds is 3. The predicted octanol–water partition coefficient (Wildman–Crippen LogP) is 3.94. The van der Waals surface area contributed by atoms with Crippen molar-refractivity contribution in [1.82, 2.24) is 10.2 Å². The highest BCUT2D eigenvalue weighted by molar-refractivity contribution is 5.68. The summed E-state index contributed by atoms with van der Waals surface area (Å²) in [5.74, 6) is 0.852. The minimum absolute atomic E-state index is 0.156. The van der Waals surface area contributed by atoms with E-state index in [1.54, 1.807) is 0 Å². The van der Waals surface area contributed by atoms with Gasteiger partial charge in [-0.3, -0.25) is 0 Å². The normalized spacial score (nSPS) is 25.8. The number of carbonyl (C=O) groups excluding carboxylic acids is 1. The second-order valence-electron chi connectivity index (χ2n) is 8.10. The lowest BCUT2D eigenvalue weighted by Gasteiger charge is -2.27. The van der Waals surface area contributed by atoms with Gasteiger partial charge in [-0.25, -0.2) is 4.79 Å². The van der Waals surface area contributed by atoms with Crippen molar-refractivity contribution in [3.05, 3.63) is 0 Å². The minimum atomic E-state index is -0.405. The molecule has 1 saturated carbocycles. The zero-order valence-corrected chi connectivity index (χ0v) is 14.9. The minimum Gasteiger partial charge on any atom is -0.444 e. The first-order chi connectivity index (χ1) is 10.3. The zero-order chi connectivity index (χ0) is 16.2. The van der Waals surface area contributed by atoms with Crippen LogP contribution in [0.15, 0.2) is 0 Å². The van der Waals surface area contributed by atoms with Crippen molar-refractivity contribution in [2.45, 2.75) is 90.3 Å². The number of amides is 1. The van der Waals surface area contributed by atoms with Crippen LogP contribution in [0.4, 0.5) is 4.79 Å². The molecule has 2 fully saturated rings. The van der Waals surface area contributed by atoms with E-state index in [9.17, 15) is 4.79 Å². The highest BCUT2D eigenvalue weighted by Gasteiger charge is 2.27. The molecule has 2 rings (SSSR count). The highest BCUT2D eigenvalue weighted by atomic mass is 16.6. The molecule has 2 atom stereocenters. The van der Waals surface area contributed by atoms with Crippen LogP contribution in [0.3, 0.4) is 0 Å². The van der Waals surface area contributed by atoms with E-state index in [2.05, 4.69) is 12.2 Å². The molecule has 22 heavy (non-hydrogen) atoms. The van der Waals surface area contributed by atoms with Crippen molar-refractivity contribution in [2.75, 3.05) is 13.1 Å². The summed E-state index contributed by atoms with van der Waals surface area (Å²) in [6.07, 6.45) is 8.66. The van der Waals surface area contributed by atoms with Crippen molar-refractivity contribution >= 4 is 6.09 Å². The zero-order valence-electron chi connectivity index (χ0n) is 14.9. The van der Waals surface area contributed by atoms with E-state index in [4.69, 9.17) is 4.74 Å². The van der Waals surface area contributed by atoms with Crippen LogP contribution in [0.1, 0.15) is 72.6 Å². The molecule has 0 aromatic carbocycles. The Morgan fingerprint density at radius 2 is 1.77 bits per heavy atom. The summed E-state index contributed by atoms with van der Waals surface area (Å²) >= 11 is 0. The van der Waals surface area contributed by atoms with Gasteiger partial charge < -0.3 is 15.0 Å². The third kappa shape index (κ3) is 5.45. The average Bonchev–Trinajstić information content (AvgIpc) is 2.84. The number of ether oxygens (including phenoxy) is 1. The third-order valence-electron chi connectivity index (χ3n) is 4.99. The summed E-state index contributed by atoms with van der Waals surface area (Å²) in [5, 5.41) is 3.83. The van der Waals surface area contributed by atoms with Gasteiger partial charge in [0, 0.05) is 25.2 Å². The molecule has 2 aliphatic rings. The average molecular weight is 310 g/mol. The lowest BCUT2D eigenvalue weighted by molar-refractivity contribution is 0.0256. The molecule has 1 N–H and O–H groups in total. The van der Waals surface area contributed by atoms with Gasteiger partial charge in [0.2, 0.25) is 0 Å². The van der Waals surface area contributed by atoms with Crippen molar-refractivity contribution in [3.63, 3.8) is 0 Å². The van der Waals surface area contributed by atoms with Crippen molar-refractivity contribution in [2.24, 2.45) is 5.92 Å². The van der Waals surface area contributed by atoms with Crippen LogP contribution in [0.25, 0.3) is 0 Å². The summed E-state index contributed by atoms with van der Waals surface area (Å²) in [7, 11) is 0. The van der Waals surface area contributed by atoms with Gasteiger partial charge in [0.15, 0.2) is 0 Å². The van der Waals surface area contributed by atoms with E-state index in [1.807, 2.05) is 25.7 Å². The fourth-order valence-corrected chi connectivity index (χ4v) is 3.74. The first-order valence-electron chi connectivity index (χ1n) is 9.09. The van der Waals surface area contributed by atoms with E-state index < -0.39 is 5.60 Å². The smallest absolute Gasteiger partial charge is 0.410 e. The monoisotopic (exact) mass is 310 g/mol. The molecule has 128 valence electrons. The number of carbonyl (C=O) groups is 1. The molecule has 0 aromatic rings. The third-order valence-corrected chi connectivity index (χ3v) is 4.99. The lowest BCUT2D eigenvalue weighted by Crippen LogP contribution is -2.41. The van der Waals surface area contributed by atoms with E-state index in [1.165, 1.54) is 25.7 Å². The number of hydrogen-bond acceptors (Lipinski definition) is 3. The van der Waals surface area contributed by atoms with Crippen LogP contribution in [0, 0.1) is 5.92 Å². The number of likely N-dealkylation sites (tertiary alicyclic amines) is 1. The molecule has 1 saturated heterocycles. The molecule has 0 radical (unpaired) electrons. The van der Waals surface area contributed by atoms with Gasteiger partial charge in [-0.05, 0) is 65.7 Å². The van der Waals surface area contributed by atoms with Crippen LogP contribution < -0.4 is 5.32 Å². The van der Waals surface area contributed by atoms with Crippen molar-refractivity contribution in [1.29, 1.82) is 0 Å². The summed E-state index contributed by atoms with van der Waals surface area (Å²) in [6, 6.07) is 1.16. The first-order valence-corrected chi connectivity index (χ1v) is 9.09. The van der Waals surface area contributed by atoms with Gasteiger partial charge in [-0.15, -0.1) is 0 Å². The highest BCUT2D eigenvalue weighted by Crippen LogP contribution is 2.28. The molecule has 1 aliphatic heterocycles. The Kier molecular flexibility index (Phi) is 6.13. The van der Waals surface area contributed by atoms with Gasteiger partial charge in [0.25, 0.3) is 0 Å². The van der Waals surface area contributed by atoms with E-state index >= 15 is 0 Å². The molecule has 4 heteroatoms. The van der Waals surface area contributed by atoms with Crippen LogP contribution in [0.5, 0.6) is 0 Å². The molecule has 0 spiro atoms. The Morgan fingerprint density at radius 3 is 2.41 bits per heavy atom. The molecule has 1 amide bonds. The maximum atomic E-state index is 12.2. The number of nitrogens with one attached hydrogen (secondary N) is 1. The quantitative estimate of drug-likeness (QED) is 0.858. The van der Waals surface area contributed by atoms with E-state index in [0.717, 1.165) is 38.3 Å². The van der Waals surface area contributed by atoms with E-state index in [0.29, 0.717) is 12.1 Å². The second kappa shape index (κ2) is 7.67. The molecule has 1 aliphatic carbocycles. The molecule has 0 bridgehead atoms. The van der Waals surface area contributed by atoms with Crippen LogP contribution in [0.2, 0.25) is 0 Å². The molecular formula is C18H34N2O2.